The van der Waals surface area contributed by atoms with Gasteiger partial charge in [-0.25, -0.2) is 4.68 Å². The largest absolute Gasteiger partial charge is 0.296 e. The van der Waals surface area contributed by atoms with Gasteiger partial charge in [0.25, 0.3) is 5.69 Å². The number of rotatable bonds is 4. The van der Waals surface area contributed by atoms with Gasteiger partial charge in [-0.2, -0.15) is 0 Å². The molecule has 0 N–H and O–H groups in total. The van der Waals surface area contributed by atoms with Crippen LogP contribution >= 0.6 is 0 Å². The van der Waals surface area contributed by atoms with E-state index in [1.54, 1.807) is 18.2 Å². The molecule has 0 radical (unpaired) electrons. The highest BCUT2D eigenvalue weighted by Gasteiger charge is 2.14. The van der Waals surface area contributed by atoms with E-state index >= 15 is 0 Å². The molecule has 0 fully saturated rings. The van der Waals surface area contributed by atoms with Crippen LogP contribution in [-0.2, 0) is 6.54 Å². The quantitative estimate of drug-likeness (QED) is 0.446. The van der Waals surface area contributed by atoms with Gasteiger partial charge < -0.3 is 0 Å². The molecule has 0 atom stereocenters. The summed E-state index contributed by atoms with van der Waals surface area (Å²) in [6, 6.07) is 6.31. The number of nitro groups is 1. The fourth-order valence-corrected chi connectivity index (χ4v) is 1.46. The number of hydrogen-bond acceptors (Lipinski definition) is 5. The smallest absolute Gasteiger partial charge is 0.274 e. The van der Waals surface area contributed by atoms with Crippen LogP contribution < -0.4 is 0 Å². The van der Waals surface area contributed by atoms with Gasteiger partial charge in [-0.05, 0) is 0 Å². The number of aldehydes is 1. The van der Waals surface area contributed by atoms with Crippen molar-refractivity contribution in [3.63, 3.8) is 0 Å². The van der Waals surface area contributed by atoms with Gasteiger partial charge >= 0.3 is 0 Å². The summed E-state index contributed by atoms with van der Waals surface area (Å²) in [5.41, 5.74) is 0.758. The van der Waals surface area contributed by atoms with E-state index < -0.39 is 4.92 Å². The van der Waals surface area contributed by atoms with Gasteiger partial charge in [0, 0.05) is 6.07 Å². The van der Waals surface area contributed by atoms with Crippen molar-refractivity contribution >= 4 is 12.0 Å². The molecular formula is C10H8N4O3. The summed E-state index contributed by atoms with van der Waals surface area (Å²) in [6.45, 7) is 0.144. The van der Waals surface area contributed by atoms with Crippen LogP contribution in [0.3, 0.4) is 0 Å². The Morgan fingerprint density at radius 1 is 1.41 bits per heavy atom. The molecule has 1 heterocycles. The molecule has 0 aliphatic rings. The van der Waals surface area contributed by atoms with Gasteiger partial charge in [0.1, 0.15) is 5.69 Å². The first kappa shape index (κ1) is 10.9. The first-order chi connectivity index (χ1) is 8.22. The topological polar surface area (TPSA) is 90.9 Å². The lowest BCUT2D eigenvalue weighted by atomic mass is 10.2. The molecule has 0 amide bonds. The Bertz CT molecular complexity index is 564. The number of hydrogen-bond donors (Lipinski definition) is 0. The van der Waals surface area contributed by atoms with Crippen LogP contribution in [0.2, 0.25) is 0 Å². The van der Waals surface area contributed by atoms with E-state index in [2.05, 4.69) is 10.3 Å². The number of carbonyl (C=O) groups excluding carboxylic acids is 1. The third-order valence-corrected chi connectivity index (χ3v) is 2.28. The minimum atomic E-state index is -0.465. The van der Waals surface area contributed by atoms with Crippen molar-refractivity contribution in [3.05, 3.63) is 51.8 Å². The summed E-state index contributed by atoms with van der Waals surface area (Å²) in [5.74, 6) is 0. The molecule has 0 spiro atoms. The zero-order chi connectivity index (χ0) is 12.3. The molecule has 86 valence electrons. The monoisotopic (exact) mass is 232 g/mol. The van der Waals surface area contributed by atoms with E-state index in [1.807, 2.05) is 0 Å². The SMILES string of the molecule is O=Cc1cnnn1Cc1ccccc1[N+](=O)[O-]. The van der Waals surface area contributed by atoms with Crippen molar-refractivity contribution in [1.29, 1.82) is 0 Å². The third-order valence-electron chi connectivity index (χ3n) is 2.28. The Kier molecular flexibility index (Phi) is 2.91. The van der Waals surface area contributed by atoms with Crippen LogP contribution in [0, 0.1) is 10.1 Å². The average molecular weight is 232 g/mol. The first-order valence-electron chi connectivity index (χ1n) is 4.78. The number of aromatic nitrogens is 3. The zero-order valence-corrected chi connectivity index (χ0v) is 8.68. The van der Waals surface area contributed by atoms with Gasteiger partial charge in [-0.3, -0.25) is 14.9 Å². The lowest BCUT2D eigenvalue weighted by molar-refractivity contribution is -0.385. The Morgan fingerprint density at radius 3 is 2.88 bits per heavy atom. The standard InChI is InChI=1S/C10H8N4O3/c15-7-9-5-11-12-13(9)6-8-3-1-2-4-10(8)14(16)17/h1-5,7H,6H2. The Balaban J connectivity index is 2.36. The number of nitrogens with zero attached hydrogens (tertiary/aromatic N) is 4. The van der Waals surface area contributed by atoms with Crippen molar-refractivity contribution in [2.24, 2.45) is 0 Å². The van der Waals surface area contributed by atoms with Crippen molar-refractivity contribution in [2.45, 2.75) is 6.54 Å². The number of benzene rings is 1. The van der Waals surface area contributed by atoms with Crippen molar-refractivity contribution < 1.29 is 9.72 Å². The highest BCUT2D eigenvalue weighted by Crippen LogP contribution is 2.18. The number of nitro benzene ring substituents is 1. The normalized spacial score (nSPS) is 10.1. The summed E-state index contributed by atoms with van der Waals surface area (Å²) < 4.78 is 1.31. The summed E-state index contributed by atoms with van der Waals surface area (Å²) in [6.07, 6.45) is 1.91. The van der Waals surface area contributed by atoms with Gasteiger partial charge in [-0.15, -0.1) is 5.10 Å². The predicted octanol–water partition coefficient (Wildman–Crippen LogP) is 1.05. The van der Waals surface area contributed by atoms with E-state index in [0.29, 0.717) is 11.8 Å². The maximum atomic E-state index is 10.8. The molecule has 2 aromatic rings. The summed E-state index contributed by atoms with van der Waals surface area (Å²) in [5, 5.41) is 18.1. The molecule has 17 heavy (non-hydrogen) atoms. The predicted molar refractivity (Wildman–Crippen MR) is 57.6 cm³/mol. The highest BCUT2D eigenvalue weighted by molar-refractivity contribution is 5.71. The molecular weight excluding hydrogens is 224 g/mol. The molecule has 0 aliphatic heterocycles. The maximum Gasteiger partial charge on any atom is 0.274 e. The molecule has 0 aliphatic carbocycles. The van der Waals surface area contributed by atoms with E-state index in [1.165, 1.54) is 16.9 Å². The Morgan fingerprint density at radius 2 is 2.18 bits per heavy atom. The van der Waals surface area contributed by atoms with Crippen LogP contribution in [0.1, 0.15) is 16.1 Å². The summed E-state index contributed by atoms with van der Waals surface area (Å²) in [7, 11) is 0. The summed E-state index contributed by atoms with van der Waals surface area (Å²) >= 11 is 0. The maximum absolute atomic E-state index is 10.8. The van der Waals surface area contributed by atoms with Gasteiger partial charge in [-0.1, -0.05) is 23.4 Å². The van der Waals surface area contributed by atoms with Crippen molar-refractivity contribution in [3.8, 4) is 0 Å². The fraction of sp³-hybridized carbons (Fsp3) is 0.100. The highest BCUT2D eigenvalue weighted by atomic mass is 16.6. The molecule has 1 aromatic carbocycles. The van der Waals surface area contributed by atoms with Crippen LogP contribution in [-0.4, -0.2) is 26.2 Å². The molecule has 0 bridgehead atoms. The molecule has 0 saturated heterocycles. The second-order valence-corrected chi connectivity index (χ2v) is 3.32. The van der Waals surface area contributed by atoms with E-state index in [0.717, 1.165) is 0 Å². The number of carbonyl (C=O) groups is 1. The Hall–Kier alpha value is -2.57. The third kappa shape index (κ3) is 2.17. The zero-order valence-electron chi connectivity index (χ0n) is 8.68. The van der Waals surface area contributed by atoms with Crippen molar-refractivity contribution in [1.82, 2.24) is 15.0 Å². The van der Waals surface area contributed by atoms with Crippen LogP contribution in [0.4, 0.5) is 5.69 Å². The van der Waals surface area contributed by atoms with Gasteiger partial charge in [0.05, 0.1) is 23.2 Å². The minimum absolute atomic E-state index is 0.000140. The average Bonchev–Trinajstić information content (AvgIpc) is 2.77. The second kappa shape index (κ2) is 4.52. The van der Waals surface area contributed by atoms with Gasteiger partial charge in [0.15, 0.2) is 6.29 Å². The van der Waals surface area contributed by atoms with E-state index in [-0.39, 0.29) is 17.9 Å². The lowest BCUT2D eigenvalue weighted by Crippen LogP contribution is -2.07. The van der Waals surface area contributed by atoms with E-state index in [4.69, 9.17) is 0 Å². The lowest BCUT2D eigenvalue weighted by Gasteiger charge is -2.03. The Labute approximate surface area is 95.8 Å². The molecule has 0 unspecified atom stereocenters. The van der Waals surface area contributed by atoms with Crippen LogP contribution in [0.5, 0.6) is 0 Å². The number of para-hydroxylation sites is 1. The van der Waals surface area contributed by atoms with Gasteiger partial charge in [0.2, 0.25) is 0 Å². The van der Waals surface area contributed by atoms with E-state index in [9.17, 15) is 14.9 Å². The molecule has 1 aromatic heterocycles. The van der Waals surface area contributed by atoms with Crippen LogP contribution in [0.15, 0.2) is 30.5 Å². The molecule has 7 nitrogen and oxygen atoms in total. The van der Waals surface area contributed by atoms with Crippen LogP contribution in [0.25, 0.3) is 0 Å². The first-order valence-corrected chi connectivity index (χ1v) is 4.78. The molecule has 7 heteroatoms. The molecule has 2 rings (SSSR count). The summed E-state index contributed by atoms with van der Waals surface area (Å²) in [4.78, 5) is 21.0. The minimum Gasteiger partial charge on any atom is -0.296 e. The second-order valence-electron chi connectivity index (χ2n) is 3.32. The molecule has 0 saturated carbocycles. The fourth-order valence-electron chi connectivity index (χ4n) is 1.46. The van der Waals surface area contributed by atoms with Crippen molar-refractivity contribution in [2.75, 3.05) is 0 Å².